The molecule has 130 valence electrons. The first kappa shape index (κ1) is 16.1. The van der Waals surface area contributed by atoms with Gasteiger partial charge < -0.3 is 13.7 Å². The molecule has 6 nitrogen and oxygen atoms in total. The molecule has 1 atom stereocenters. The third kappa shape index (κ3) is 3.11. The highest BCUT2D eigenvalue weighted by Gasteiger charge is 2.30. The minimum atomic E-state index is 0.0108. The van der Waals surface area contributed by atoms with Crippen LogP contribution < -0.4 is 0 Å². The summed E-state index contributed by atoms with van der Waals surface area (Å²) in [5.41, 5.74) is 1.58. The van der Waals surface area contributed by atoms with Gasteiger partial charge in [-0.05, 0) is 44.2 Å². The van der Waals surface area contributed by atoms with Gasteiger partial charge in [0, 0.05) is 24.0 Å². The maximum absolute atomic E-state index is 12.8. The average molecular weight is 357 g/mol. The number of aryl methyl sites for hydroxylation is 2. The number of likely N-dealkylation sites (tertiary alicyclic amines) is 1. The molecule has 25 heavy (non-hydrogen) atoms. The zero-order valence-electron chi connectivity index (χ0n) is 14.2. The van der Waals surface area contributed by atoms with Crippen LogP contribution in [0, 0.1) is 13.8 Å². The molecular weight excluding hydrogens is 338 g/mol. The Balaban J connectivity index is 1.51. The number of furan rings is 1. The number of carbonyl (C=O) groups is 1. The van der Waals surface area contributed by atoms with Gasteiger partial charge in [-0.2, -0.15) is 11.3 Å². The summed E-state index contributed by atoms with van der Waals surface area (Å²) in [5.74, 6) is 2.66. The normalized spacial score (nSPS) is 17.8. The van der Waals surface area contributed by atoms with E-state index in [1.165, 1.54) is 0 Å². The summed E-state index contributed by atoms with van der Waals surface area (Å²) in [6.45, 7) is 5.01. The van der Waals surface area contributed by atoms with Crippen molar-refractivity contribution in [3.05, 3.63) is 45.9 Å². The van der Waals surface area contributed by atoms with Gasteiger partial charge in [-0.3, -0.25) is 4.79 Å². The van der Waals surface area contributed by atoms with E-state index in [9.17, 15) is 4.79 Å². The second-order valence-electron chi connectivity index (χ2n) is 6.37. The van der Waals surface area contributed by atoms with E-state index in [0.29, 0.717) is 29.6 Å². The number of hydrogen-bond acceptors (Lipinski definition) is 6. The van der Waals surface area contributed by atoms with Crippen LogP contribution in [-0.2, 0) is 0 Å². The average Bonchev–Trinajstić information content (AvgIpc) is 3.34. The molecule has 7 heteroatoms. The van der Waals surface area contributed by atoms with Gasteiger partial charge in [0.1, 0.15) is 11.5 Å². The van der Waals surface area contributed by atoms with E-state index < -0.39 is 0 Å². The summed E-state index contributed by atoms with van der Waals surface area (Å²) in [4.78, 5) is 14.7. The van der Waals surface area contributed by atoms with Crippen LogP contribution in [0.5, 0.6) is 0 Å². The van der Waals surface area contributed by atoms with Gasteiger partial charge in [-0.1, -0.05) is 0 Å². The van der Waals surface area contributed by atoms with Crippen molar-refractivity contribution in [1.82, 2.24) is 15.1 Å². The summed E-state index contributed by atoms with van der Waals surface area (Å²) in [7, 11) is 0. The van der Waals surface area contributed by atoms with Crippen LogP contribution in [0.25, 0.3) is 11.5 Å². The molecule has 1 amide bonds. The lowest BCUT2D eigenvalue weighted by Crippen LogP contribution is -2.39. The summed E-state index contributed by atoms with van der Waals surface area (Å²) in [6.07, 6.45) is 1.86. The Labute approximate surface area is 149 Å². The Morgan fingerprint density at radius 3 is 2.92 bits per heavy atom. The Bertz CT molecular complexity index is 881. The second kappa shape index (κ2) is 6.48. The summed E-state index contributed by atoms with van der Waals surface area (Å²) in [6, 6.07) is 3.77. The van der Waals surface area contributed by atoms with Gasteiger partial charge >= 0.3 is 0 Å². The van der Waals surface area contributed by atoms with E-state index in [2.05, 4.69) is 10.2 Å². The van der Waals surface area contributed by atoms with Gasteiger partial charge in [0.05, 0.1) is 11.5 Å². The molecule has 4 rings (SSSR count). The minimum Gasteiger partial charge on any atom is -0.466 e. The maximum atomic E-state index is 12.8. The van der Waals surface area contributed by atoms with E-state index in [1.54, 1.807) is 11.3 Å². The standard InChI is InChI=1S/C18H19N3O3S/c1-11-8-15(12(2)23-11)18(22)21-6-3-4-13(9-21)16-19-20-17(24-16)14-5-7-25-10-14/h5,7-8,10,13H,3-4,6,9H2,1-2H3/t13-/m1/s1. The fourth-order valence-corrected chi connectivity index (χ4v) is 3.91. The molecule has 1 fully saturated rings. The summed E-state index contributed by atoms with van der Waals surface area (Å²) in [5, 5.41) is 12.3. The minimum absolute atomic E-state index is 0.0108. The molecule has 4 heterocycles. The number of piperidine rings is 1. The van der Waals surface area contributed by atoms with Crippen LogP contribution in [0.4, 0.5) is 0 Å². The molecule has 0 aliphatic carbocycles. The van der Waals surface area contributed by atoms with E-state index in [-0.39, 0.29) is 11.8 Å². The molecule has 0 aromatic carbocycles. The SMILES string of the molecule is Cc1cc(C(=O)N2CCC[C@@H](c3nnc(-c4ccsc4)o3)C2)c(C)o1. The predicted molar refractivity (Wildman–Crippen MR) is 93.7 cm³/mol. The van der Waals surface area contributed by atoms with Crippen LogP contribution in [0.2, 0.25) is 0 Å². The monoisotopic (exact) mass is 357 g/mol. The molecule has 3 aromatic rings. The lowest BCUT2D eigenvalue weighted by Gasteiger charge is -2.31. The molecule has 0 N–H and O–H groups in total. The number of carbonyl (C=O) groups excluding carboxylic acids is 1. The van der Waals surface area contributed by atoms with E-state index in [0.717, 1.165) is 30.7 Å². The first-order valence-corrected chi connectivity index (χ1v) is 9.28. The van der Waals surface area contributed by atoms with Gasteiger partial charge in [-0.25, -0.2) is 0 Å². The van der Waals surface area contributed by atoms with Gasteiger partial charge in [0.15, 0.2) is 0 Å². The Morgan fingerprint density at radius 2 is 2.20 bits per heavy atom. The molecular formula is C18H19N3O3S. The number of nitrogens with zero attached hydrogens (tertiary/aromatic N) is 3. The lowest BCUT2D eigenvalue weighted by molar-refractivity contribution is 0.0696. The Hall–Kier alpha value is -2.41. The van der Waals surface area contributed by atoms with Crippen molar-refractivity contribution in [2.75, 3.05) is 13.1 Å². The van der Waals surface area contributed by atoms with Crippen molar-refractivity contribution in [2.24, 2.45) is 0 Å². The van der Waals surface area contributed by atoms with E-state index in [1.807, 2.05) is 41.6 Å². The van der Waals surface area contributed by atoms with Crippen LogP contribution in [0.1, 0.15) is 46.5 Å². The highest BCUT2D eigenvalue weighted by atomic mass is 32.1. The van der Waals surface area contributed by atoms with E-state index >= 15 is 0 Å². The van der Waals surface area contributed by atoms with Crippen LogP contribution in [0.15, 0.2) is 31.7 Å². The zero-order chi connectivity index (χ0) is 17.4. The van der Waals surface area contributed by atoms with Gasteiger partial charge in [-0.15, -0.1) is 10.2 Å². The lowest BCUT2D eigenvalue weighted by atomic mass is 9.97. The number of rotatable bonds is 3. The molecule has 3 aromatic heterocycles. The first-order chi connectivity index (χ1) is 12.1. The van der Waals surface area contributed by atoms with Gasteiger partial charge in [0.2, 0.25) is 11.8 Å². The first-order valence-electron chi connectivity index (χ1n) is 8.34. The van der Waals surface area contributed by atoms with Crippen molar-refractivity contribution in [3.8, 4) is 11.5 Å². The fourth-order valence-electron chi connectivity index (χ4n) is 3.28. The molecule has 1 saturated heterocycles. The number of hydrogen-bond donors (Lipinski definition) is 0. The molecule has 0 spiro atoms. The van der Waals surface area contributed by atoms with Crippen molar-refractivity contribution >= 4 is 17.2 Å². The Kier molecular flexibility index (Phi) is 4.17. The van der Waals surface area contributed by atoms with Crippen LogP contribution in [0.3, 0.4) is 0 Å². The summed E-state index contributed by atoms with van der Waals surface area (Å²) >= 11 is 1.59. The van der Waals surface area contributed by atoms with Crippen molar-refractivity contribution in [3.63, 3.8) is 0 Å². The maximum Gasteiger partial charge on any atom is 0.257 e. The quantitative estimate of drug-likeness (QED) is 0.708. The molecule has 0 unspecified atom stereocenters. The molecule has 0 bridgehead atoms. The number of thiophene rings is 1. The highest BCUT2D eigenvalue weighted by Crippen LogP contribution is 2.30. The number of amides is 1. The van der Waals surface area contributed by atoms with Crippen LogP contribution in [-0.4, -0.2) is 34.1 Å². The van der Waals surface area contributed by atoms with E-state index in [4.69, 9.17) is 8.83 Å². The van der Waals surface area contributed by atoms with Crippen molar-refractivity contribution in [1.29, 1.82) is 0 Å². The zero-order valence-corrected chi connectivity index (χ0v) is 15.0. The second-order valence-corrected chi connectivity index (χ2v) is 7.15. The van der Waals surface area contributed by atoms with Gasteiger partial charge in [0.25, 0.3) is 5.91 Å². The van der Waals surface area contributed by atoms with Crippen LogP contribution >= 0.6 is 11.3 Å². The van der Waals surface area contributed by atoms with Crippen molar-refractivity contribution in [2.45, 2.75) is 32.6 Å². The smallest absolute Gasteiger partial charge is 0.257 e. The highest BCUT2D eigenvalue weighted by molar-refractivity contribution is 7.08. The number of aromatic nitrogens is 2. The third-order valence-electron chi connectivity index (χ3n) is 4.54. The topological polar surface area (TPSA) is 72.4 Å². The van der Waals surface area contributed by atoms with Crippen molar-refractivity contribution < 1.29 is 13.6 Å². The third-order valence-corrected chi connectivity index (χ3v) is 5.22. The fraction of sp³-hybridized carbons (Fsp3) is 0.389. The Morgan fingerprint density at radius 1 is 1.32 bits per heavy atom. The molecule has 0 saturated carbocycles. The molecule has 1 aliphatic heterocycles. The largest absolute Gasteiger partial charge is 0.466 e. The molecule has 0 radical (unpaired) electrons. The summed E-state index contributed by atoms with van der Waals surface area (Å²) < 4.78 is 11.4. The predicted octanol–water partition coefficient (Wildman–Crippen LogP) is 4.03. The molecule has 1 aliphatic rings.